The highest BCUT2D eigenvalue weighted by molar-refractivity contribution is 9.10. The van der Waals surface area contributed by atoms with Crippen molar-refractivity contribution in [3.8, 4) is 5.88 Å². The van der Waals surface area contributed by atoms with Crippen LogP contribution < -0.4 is 4.74 Å². The number of nitrogens with zero attached hydrogens (tertiary/aromatic N) is 1. The molecule has 0 aromatic carbocycles. The van der Waals surface area contributed by atoms with Crippen molar-refractivity contribution in [1.29, 1.82) is 0 Å². The molecule has 0 atom stereocenters. The lowest BCUT2D eigenvalue weighted by Gasteiger charge is -2.23. The standard InChI is InChI=1S/C10H10BrNO4/c11-8-2-12-9(1-6(8)3-13)16-10(14)7-4-15-5-7/h1-2,7,13H,3-5H2. The topological polar surface area (TPSA) is 68.7 Å². The Morgan fingerprint density at radius 1 is 1.69 bits per heavy atom. The predicted octanol–water partition coefficient (Wildman–Crippen LogP) is 0.888. The zero-order chi connectivity index (χ0) is 11.5. The third-order valence-corrected chi connectivity index (χ3v) is 2.97. The van der Waals surface area contributed by atoms with Gasteiger partial charge in [0.2, 0.25) is 5.88 Å². The highest BCUT2D eigenvalue weighted by atomic mass is 79.9. The van der Waals surface area contributed by atoms with Crippen LogP contribution in [0.25, 0.3) is 0 Å². The minimum absolute atomic E-state index is 0.139. The van der Waals surface area contributed by atoms with Crippen LogP contribution in [0.2, 0.25) is 0 Å². The van der Waals surface area contributed by atoms with Gasteiger partial charge in [0.25, 0.3) is 0 Å². The zero-order valence-corrected chi connectivity index (χ0v) is 9.94. The number of rotatable bonds is 3. The Morgan fingerprint density at radius 3 is 3.00 bits per heavy atom. The molecule has 6 heteroatoms. The minimum atomic E-state index is -0.343. The molecular formula is C10H10BrNO4. The molecule has 2 heterocycles. The molecule has 0 unspecified atom stereocenters. The lowest BCUT2D eigenvalue weighted by molar-refractivity contribution is -0.153. The molecule has 0 aliphatic carbocycles. The lowest BCUT2D eigenvalue weighted by Crippen LogP contribution is -2.37. The van der Waals surface area contributed by atoms with E-state index in [4.69, 9.17) is 14.6 Å². The summed E-state index contributed by atoms with van der Waals surface area (Å²) in [5, 5.41) is 9.03. The molecule has 0 radical (unpaired) electrons. The first-order chi connectivity index (χ1) is 7.70. The highest BCUT2D eigenvalue weighted by Crippen LogP contribution is 2.21. The number of hydrogen-bond donors (Lipinski definition) is 1. The molecule has 0 spiro atoms. The van der Waals surface area contributed by atoms with Gasteiger partial charge in [-0.25, -0.2) is 4.98 Å². The van der Waals surface area contributed by atoms with Gasteiger partial charge in [-0.2, -0.15) is 0 Å². The molecule has 0 saturated carbocycles. The van der Waals surface area contributed by atoms with E-state index in [0.717, 1.165) is 0 Å². The second kappa shape index (κ2) is 4.90. The highest BCUT2D eigenvalue weighted by Gasteiger charge is 2.28. The first kappa shape index (κ1) is 11.5. The van der Waals surface area contributed by atoms with E-state index in [1.54, 1.807) is 0 Å². The summed E-state index contributed by atoms with van der Waals surface area (Å²) in [5.41, 5.74) is 0.627. The summed E-state index contributed by atoms with van der Waals surface area (Å²) in [6.45, 7) is 0.671. The van der Waals surface area contributed by atoms with Gasteiger partial charge in [0, 0.05) is 16.7 Å². The molecule has 1 aromatic heterocycles. The van der Waals surface area contributed by atoms with Crippen LogP contribution in [0, 0.1) is 5.92 Å². The third-order valence-electron chi connectivity index (χ3n) is 2.26. The smallest absolute Gasteiger partial charge is 0.320 e. The molecule has 1 fully saturated rings. The van der Waals surface area contributed by atoms with E-state index in [-0.39, 0.29) is 24.4 Å². The van der Waals surface area contributed by atoms with Gasteiger partial charge < -0.3 is 14.6 Å². The van der Waals surface area contributed by atoms with Gasteiger partial charge in [0.05, 0.1) is 19.8 Å². The van der Waals surface area contributed by atoms with Crippen molar-refractivity contribution in [2.45, 2.75) is 6.61 Å². The molecule has 86 valence electrons. The van der Waals surface area contributed by atoms with Crippen LogP contribution in [-0.2, 0) is 16.1 Å². The van der Waals surface area contributed by atoms with Crippen molar-refractivity contribution in [2.75, 3.05) is 13.2 Å². The molecule has 5 nitrogen and oxygen atoms in total. The molecule has 1 saturated heterocycles. The second-order valence-electron chi connectivity index (χ2n) is 3.43. The van der Waals surface area contributed by atoms with Gasteiger partial charge in [0.15, 0.2) is 0 Å². The van der Waals surface area contributed by atoms with Crippen LogP contribution in [0.1, 0.15) is 5.56 Å². The molecule has 1 aliphatic heterocycles. The number of aliphatic hydroxyl groups is 1. The predicted molar refractivity (Wildman–Crippen MR) is 57.8 cm³/mol. The zero-order valence-electron chi connectivity index (χ0n) is 8.35. The largest absolute Gasteiger partial charge is 0.407 e. The Labute approximate surface area is 101 Å². The Kier molecular flexibility index (Phi) is 3.52. The summed E-state index contributed by atoms with van der Waals surface area (Å²) in [5.74, 6) is -0.336. The van der Waals surface area contributed by atoms with Gasteiger partial charge in [0.1, 0.15) is 5.92 Å². The number of carbonyl (C=O) groups is 1. The maximum absolute atomic E-state index is 11.5. The van der Waals surface area contributed by atoms with Crippen LogP contribution in [0.3, 0.4) is 0 Å². The van der Waals surface area contributed by atoms with E-state index in [1.165, 1.54) is 12.3 Å². The van der Waals surface area contributed by atoms with Crippen LogP contribution >= 0.6 is 15.9 Å². The Morgan fingerprint density at radius 2 is 2.44 bits per heavy atom. The average molecular weight is 288 g/mol. The fourth-order valence-corrected chi connectivity index (χ4v) is 1.54. The molecule has 1 aliphatic rings. The number of carbonyl (C=O) groups excluding carboxylic acids is 1. The minimum Gasteiger partial charge on any atom is -0.407 e. The average Bonchev–Trinajstić information content (AvgIpc) is 2.18. The summed E-state index contributed by atoms with van der Waals surface area (Å²) in [6, 6.07) is 1.53. The molecule has 0 amide bonds. The molecule has 0 bridgehead atoms. The normalized spacial score (nSPS) is 15.6. The van der Waals surface area contributed by atoms with Gasteiger partial charge in [-0.3, -0.25) is 4.79 Å². The van der Waals surface area contributed by atoms with E-state index in [2.05, 4.69) is 20.9 Å². The van der Waals surface area contributed by atoms with Crippen molar-refractivity contribution in [1.82, 2.24) is 4.98 Å². The summed E-state index contributed by atoms with van der Waals surface area (Å²) in [7, 11) is 0. The van der Waals surface area contributed by atoms with Crippen LogP contribution in [0.15, 0.2) is 16.7 Å². The molecule has 1 aromatic rings. The lowest BCUT2D eigenvalue weighted by atomic mass is 10.1. The third kappa shape index (κ3) is 2.40. The van der Waals surface area contributed by atoms with E-state index in [1.807, 2.05) is 0 Å². The van der Waals surface area contributed by atoms with Gasteiger partial charge in [-0.15, -0.1) is 0 Å². The Balaban J connectivity index is 2.06. The fraction of sp³-hybridized carbons (Fsp3) is 0.400. The van der Waals surface area contributed by atoms with E-state index >= 15 is 0 Å². The summed E-state index contributed by atoms with van der Waals surface area (Å²) in [6.07, 6.45) is 1.49. The molecular weight excluding hydrogens is 278 g/mol. The van der Waals surface area contributed by atoms with Crippen molar-refractivity contribution < 1.29 is 19.4 Å². The van der Waals surface area contributed by atoms with Crippen molar-refractivity contribution in [3.63, 3.8) is 0 Å². The van der Waals surface area contributed by atoms with Crippen LogP contribution in [0.4, 0.5) is 0 Å². The van der Waals surface area contributed by atoms with E-state index < -0.39 is 0 Å². The maximum atomic E-state index is 11.5. The number of pyridine rings is 1. The van der Waals surface area contributed by atoms with Crippen LogP contribution in [0.5, 0.6) is 5.88 Å². The van der Waals surface area contributed by atoms with Crippen LogP contribution in [-0.4, -0.2) is 29.3 Å². The summed E-state index contributed by atoms with van der Waals surface area (Å²) in [4.78, 5) is 15.4. The quantitative estimate of drug-likeness (QED) is 0.836. The Hall–Kier alpha value is -0.980. The van der Waals surface area contributed by atoms with Gasteiger partial charge in [-0.05, 0) is 21.5 Å². The first-order valence-electron chi connectivity index (χ1n) is 4.75. The number of aromatic nitrogens is 1. The summed E-state index contributed by atoms with van der Waals surface area (Å²) < 4.78 is 10.6. The van der Waals surface area contributed by atoms with Crippen molar-refractivity contribution >= 4 is 21.9 Å². The second-order valence-corrected chi connectivity index (χ2v) is 4.28. The number of ether oxygens (including phenoxy) is 2. The fourth-order valence-electron chi connectivity index (χ4n) is 1.19. The SMILES string of the molecule is O=C(Oc1cc(CO)c(Br)cn1)C1COC1. The molecule has 16 heavy (non-hydrogen) atoms. The molecule has 1 N–H and O–H groups in total. The number of esters is 1. The van der Waals surface area contributed by atoms with Gasteiger partial charge in [-0.1, -0.05) is 0 Å². The number of hydrogen-bond acceptors (Lipinski definition) is 5. The number of halogens is 1. The monoisotopic (exact) mass is 287 g/mol. The van der Waals surface area contributed by atoms with Gasteiger partial charge >= 0.3 is 5.97 Å². The molecule has 2 rings (SSSR count). The van der Waals surface area contributed by atoms with Crippen molar-refractivity contribution in [3.05, 3.63) is 22.3 Å². The van der Waals surface area contributed by atoms with Crippen molar-refractivity contribution in [2.24, 2.45) is 5.92 Å². The maximum Gasteiger partial charge on any atom is 0.320 e. The Bertz CT molecular complexity index is 406. The number of aliphatic hydroxyl groups excluding tert-OH is 1. The van der Waals surface area contributed by atoms with E-state index in [9.17, 15) is 4.79 Å². The van der Waals surface area contributed by atoms with E-state index in [0.29, 0.717) is 23.2 Å². The first-order valence-corrected chi connectivity index (χ1v) is 5.54. The summed E-state index contributed by atoms with van der Waals surface area (Å²) >= 11 is 3.23.